The largest absolute Gasteiger partial charge is 0.334 e. The third-order valence-corrected chi connectivity index (χ3v) is 4.92. The van der Waals surface area contributed by atoms with E-state index in [1.165, 1.54) is 10.8 Å². The predicted octanol–water partition coefficient (Wildman–Crippen LogP) is 4.52. The Morgan fingerprint density at radius 3 is 2.79 bits per heavy atom. The van der Waals surface area contributed by atoms with Crippen LogP contribution < -0.4 is 5.32 Å². The number of amidine groups is 1. The van der Waals surface area contributed by atoms with Gasteiger partial charge >= 0.3 is 0 Å². The first-order chi connectivity index (χ1) is 9.20. The monoisotopic (exact) mass is 270 g/mol. The van der Waals surface area contributed by atoms with Gasteiger partial charge in [0.2, 0.25) is 0 Å². The van der Waals surface area contributed by atoms with Crippen LogP contribution in [0.3, 0.4) is 0 Å². The Kier molecular flexibility index (Phi) is 3.23. The number of hydrogen-bond acceptors (Lipinski definition) is 3. The van der Waals surface area contributed by atoms with E-state index in [2.05, 4.69) is 61.6 Å². The van der Waals surface area contributed by atoms with Gasteiger partial charge in [0.05, 0.1) is 5.54 Å². The molecule has 1 aliphatic heterocycles. The topological polar surface area (TPSA) is 24.4 Å². The minimum absolute atomic E-state index is 0.0948. The standard InChI is InChI=1S/C16H18N2S/c1-3-16(2)11-19-15(18-16)17-14-10-6-8-12-7-4-5-9-13(12)14/h4-10H,3,11H2,1-2H3,(H,17,18). The van der Waals surface area contributed by atoms with Gasteiger partial charge in [-0.1, -0.05) is 55.1 Å². The fraction of sp³-hybridized carbons (Fsp3) is 0.312. The first kappa shape index (κ1) is 12.5. The lowest BCUT2D eigenvalue weighted by Crippen LogP contribution is -2.20. The minimum Gasteiger partial charge on any atom is -0.334 e. The average Bonchev–Trinajstić information content (AvgIpc) is 2.82. The number of benzene rings is 2. The van der Waals surface area contributed by atoms with Crippen LogP contribution in [0, 0.1) is 0 Å². The Balaban J connectivity index is 1.93. The number of thioether (sulfide) groups is 1. The molecule has 2 nitrogen and oxygen atoms in total. The highest BCUT2D eigenvalue weighted by atomic mass is 32.2. The van der Waals surface area contributed by atoms with E-state index in [9.17, 15) is 0 Å². The summed E-state index contributed by atoms with van der Waals surface area (Å²) in [6.45, 7) is 4.42. The van der Waals surface area contributed by atoms with E-state index in [-0.39, 0.29) is 5.54 Å². The summed E-state index contributed by atoms with van der Waals surface area (Å²) in [5, 5.41) is 7.04. The fourth-order valence-electron chi connectivity index (χ4n) is 2.23. The molecule has 1 unspecified atom stereocenters. The number of fused-ring (bicyclic) bond motifs is 1. The molecule has 3 rings (SSSR count). The summed E-state index contributed by atoms with van der Waals surface area (Å²) in [6, 6.07) is 14.8. The number of rotatable bonds is 2. The number of aliphatic imine (C=N–C) groups is 1. The number of anilines is 1. The molecule has 0 radical (unpaired) electrons. The molecule has 0 bridgehead atoms. The molecule has 0 saturated heterocycles. The van der Waals surface area contributed by atoms with Gasteiger partial charge in [0.1, 0.15) is 0 Å². The highest BCUT2D eigenvalue weighted by Gasteiger charge is 2.28. The number of nitrogens with one attached hydrogen (secondary N) is 1. The van der Waals surface area contributed by atoms with Crippen LogP contribution in [0.1, 0.15) is 20.3 Å². The van der Waals surface area contributed by atoms with E-state index in [0.717, 1.165) is 23.0 Å². The van der Waals surface area contributed by atoms with Gasteiger partial charge in [-0.15, -0.1) is 0 Å². The summed E-state index contributed by atoms with van der Waals surface area (Å²) in [5.74, 6) is 1.07. The van der Waals surface area contributed by atoms with Gasteiger partial charge in [0.15, 0.2) is 5.17 Å². The van der Waals surface area contributed by atoms with Gasteiger partial charge in [-0.3, -0.25) is 4.99 Å². The van der Waals surface area contributed by atoms with Crippen LogP contribution in [0.25, 0.3) is 10.8 Å². The molecule has 2 aromatic carbocycles. The van der Waals surface area contributed by atoms with Crippen molar-refractivity contribution in [3.05, 3.63) is 42.5 Å². The van der Waals surface area contributed by atoms with Crippen LogP contribution >= 0.6 is 11.8 Å². The Bertz CT molecular complexity index is 630. The van der Waals surface area contributed by atoms with E-state index in [4.69, 9.17) is 4.99 Å². The number of nitrogens with zero attached hydrogens (tertiary/aromatic N) is 1. The highest BCUT2D eigenvalue weighted by molar-refractivity contribution is 8.14. The first-order valence-corrected chi connectivity index (χ1v) is 7.66. The van der Waals surface area contributed by atoms with E-state index < -0.39 is 0 Å². The van der Waals surface area contributed by atoms with Gasteiger partial charge in [0, 0.05) is 16.8 Å². The third-order valence-electron chi connectivity index (χ3n) is 3.68. The lowest BCUT2D eigenvalue weighted by Gasteiger charge is -2.15. The van der Waals surface area contributed by atoms with Crippen molar-refractivity contribution >= 4 is 33.4 Å². The van der Waals surface area contributed by atoms with Crippen LogP contribution in [-0.4, -0.2) is 16.5 Å². The minimum atomic E-state index is 0.0948. The molecule has 0 aromatic heterocycles. The predicted molar refractivity (Wildman–Crippen MR) is 86.2 cm³/mol. The van der Waals surface area contributed by atoms with Crippen LogP contribution in [0.5, 0.6) is 0 Å². The van der Waals surface area contributed by atoms with E-state index in [1.54, 1.807) is 0 Å². The zero-order chi connectivity index (χ0) is 13.3. The van der Waals surface area contributed by atoms with Gasteiger partial charge < -0.3 is 5.32 Å². The Hall–Kier alpha value is -1.48. The van der Waals surface area contributed by atoms with Crippen LogP contribution in [0.4, 0.5) is 5.69 Å². The maximum Gasteiger partial charge on any atom is 0.161 e. The summed E-state index contributed by atoms with van der Waals surface area (Å²) in [5.41, 5.74) is 1.24. The van der Waals surface area contributed by atoms with E-state index in [1.807, 2.05) is 11.8 Å². The van der Waals surface area contributed by atoms with Crippen molar-refractivity contribution in [2.75, 3.05) is 11.1 Å². The molecule has 0 spiro atoms. The van der Waals surface area contributed by atoms with Crippen LogP contribution in [0.15, 0.2) is 47.5 Å². The van der Waals surface area contributed by atoms with Crippen LogP contribution in [0.2, 0.25) is 0 Å². The molecule has 2 aromatic rings. The molecular formula is C16H18N2S. The van der Waals surface area contributed by atoms with Crippen molar-refractivity contribution in [2.24, 2.45) is 4.99 Å². The summed E-state index contributed by atoms with van der Waals surface area (Å²) in [4.78, 5) is 4.81. The lowest BCUT2D eigenvalue weighted by atomic mass is 10.0. The Labute approximate surface area is 118 Å². The molecule has 1 N–H and O–H groups in total. The van der Waals surface area contributed by atoms with E-state index in [0.29, 0.717) is 0 Å². The van der Waals surface area contributed by atoms with Gasteiger partial charge in [-0.2, -0.15) is 0 Å². The molecule has 0 aliphatic carbocycles. The quantitative estimate of drug-likeness (QED) is 0.867. The lowest BCUT2D eigenvalue weighted by molar-refractivity contribution is 0.523. The molecule has 0 fully saturated rings. The molecule has 0 saturated carbocycles. The molecule has 1 heterocycles. The molecule has 98 valence electrons. The maximum atomic E-state index is 4.81. The van der Waals surface area contributed by atoms with Crippen molar-refractivity contribution in [3.63, 3.8) is 0 Å². The molecular weight excluding hydrogens is 252 g/mol. The smallest absolute Gasteiger partial charge is 0.161 e. The zero-order valence-corrected chi connectivity index (χ0v) is 12.1. The summed E-state index contributed by atoms with van der Waals surface area (Å²) in [7, 11) is 0. The zero-order valence-electron chi connectivity index (χ0n) is 11.3. The summed E-state index contributed by atoms with van der Waals surface area (Å²) >= 11 is 1.82. The van der Waals surface area contributed by atoms with Crippen molar-refractivity contribution in [1.82, 2.24) is 0 Å². The summed E-state index contributed by atoms with van der Waals surface area (Å²) < 4.78 is 0. The molecule has 1 aliphatic rings. The molecule has 1 atom stereocenters. The molecule has 19 heavy (non-hydrogen) atoms. The third kappa shape index (κ3) is 2.47. The molecule has 0 amide bonds. The average molecular weight is 270 g/mol. The first-order valence-electron chi connectivity index (χ1n) is 6.68. The highest BCUT2D eigenvalue weighted by Crippen LogP contribution is 2.32. The number of hydrogen-bond donors (Lipinski definition) is 1. The van der Waals surface area contributed by atoms with Crippen molar-refractivity contribution in [3.8, 4) is 0 Å². The Morgan fingerprint density at radius 2 is 2.00 bits per heavy atom. The second-order valence-corrected chi connectivity index (χ2v) is 6.17. The van der Waals surface area contributed by atoms with Crippen molar-refractivity contribution < 1.29 is 0 Å². The summed E-state index contributed by atoms with van der Waals surface area (Å²) in [6.07, 6.45) is 1.08. The van der Waals surface area contributed by atoms with Crippen molar-refractivity contribution in [2.45, 2.75) is 25.8 Å². The van der Waals surface area contributed by atoms with Crippen molar-refractivity contribution in [1.29, 1.82) is 0 Å². The van der Waals surface area contributed by atoms with Gasteiger partial charge in [0.25, 0.3) is 0 Å². The second-order valence-electron chi connectivity index (χ2n) is 5.21. The SMILES string of the molecule is CCC1(C)CSC(Nc2cccc3ccccc23)=N1. The maximum absolute atomic E-state index is 4.81. The second kappa shape index (κ2) is 4.89. The van der Waals surface area contributed by atoms with Gasteiger partial charge in [-0.05, 0) is 24.8 Å². The van der Waals surface area contributed by atoms with Crippen LogP contribution in [-0.2, 0) is 0 Å². The Morgan fingerprint density at radius 1 is 1.21 bits per heavy atom. The normalized spacial score (nSPS) is 22.5. The molecule has 3 heteroatoms. The van der Waals surface area contributed by atoms with E-state index >= 15 is 0 Å². The van der Waals surface area contributed by atoms with Gasteiger partial charge in [-0.25, -0.2) is 0 Å². The fourth-order valence-corrected chi connectivity index (χ4v) is 3.41.